The van der Waals surface area contributed by atoms with E-state index in [2.05, 4.69) is 26.9 Å². The monoisotopic (exact) mass is 290 g/mol. The second-order valence-electron chi connectivity index (χ2n) is 5.59. The molecule has 0 saturated carbocycles. The predicted molar refractivity (Wildman–Crippen MR) is 79.3 cm³/mol. The third kappa shape index (κ3) is 3.91. The number of piperidine rings is 1. The highest BCUT2D eigenvalue weighted by Gasteiger charge is 2.26. The largest absolute Gasteiger partial charge is 0.460 e. The lowest BCUT2D eigenvalue weighted by molar-refractivity contribution is 0.0290. The van der Waals surface area contributed by atoms with Crippen LogP contribution in [0, 0.1) is 0 Å². The molecule has 1 aromatic rings. The van der Waals surface area contributed by atoms with Crippen LogP contribution in [-0.2, 0) is 4.84 Å². The van der Waals surface area contributed by atoms with Crippen molar-refractivity contribution >= 4 is 5.71 Å². The summed E-state index contributed by atoms with van der Waals surface area (Å²) in [6.07, 6.45) is 7.85. The highest BCUT2D eigenvalue weighted by atomic mass is 16.6. The van der Waals surface area contributed by atoms with Crippen molar-refractivity contribution in [1.82, 2.24) is 14.9 Å². The van der Waals surface area contributed by atoms with Gasteiger partial charge in [0.1, 0.15) is 12.2 Å². The van der Waals surface area contributed by atoms with E-state index in [1.165, 1.54) is 5.71 Å². The van der Waals surface area contributed by atoms with E-state index in [0.29, 0.717) is 6.01 Å². The summed E-state index contributed by atoms with van der Waals surface area (Å²) in [7, 11) is 0. The Balaban J connectivity index is 1.39. The molecule has 2 aliphatic rings. The summed E-state index contributed by atoms with van der Waals surface area (Å²) < 4.78 is 5.81. The Hall–Kier alpha value is -1.69. The first-order valence-corrected chi connectivity index (χ1v) is 7.71. The second kappa shape index (κ2) is 6.85. The molecule has 3 rings (SSSR count). The van der Waals surface area contributed by atoms with E-state index >= 15 is 0 Å². The highest BCUT2D eigenvalue weighted by molar-refractivity contribution is 5.85. The molecule has 3 heterocycles. The van der Waals surface area contributed by atoms with Crippen LogP contribution in [0.1, 0.15) is 32.6 Å². The van der Waals surface area contributed by atoms with E-state index in [0.717, 1.165) is 45.3 Å². The van der Waals surface area contributed by atoms with Gasteiger partial charge in [-0.15, -0.1) is 0 Å². The summed E-state index contributed by atoms with van der Waals surface area (Å²) in [5, 5.41) is 4.12. The molecule has 2 aliphatic heterocycles. The summed E-state index contributed by atoms with van der Waals surface area (Å²) >= 11 is 0. The number of aromatic nitrogens is 2. The van der Waals surface area contributed by atoms with E-state index in [1.54, 1.807) is 18.5 Å². The Labute approximate surface area is 125 Å². The van der Waals surface area contributed by atoms with Crippen LogP contribution < -0.4 is 4.74 Å². The maximum absolute atomic E-state index is 5.81. The van der Waals surface area contributed by atoms with Gasteiger partial charge in [-0.1, -0.05) is 12.1 Å². The number of likely N-dealkylation sites (tertiary alicyclic amines) is 1. The Kier molecular flexibility index (Phi) is 4.65. The Morgan fingerprint density at radius 1 is 1.29 bits per heavy atom. The zero-order valence-corrected chi connectivity index (χ0v) is 12.4. The smallest absolute Gasteiger partial charge is 0.316 e. The lowest BCUT2D eigenvalue weighted by Gasteiger charge is -2.32. The van der Waals surface area contributed by atoms with E-state index < -0.39 is 0 Å². The fourth-order valence-electron chi connectivity index (χ4n) is 2.79. The zero-order valence-electron chi connectivity index (χ0n) is 12.4. The summed E-state index contributed by atoms with van der Waals surface area (Å²) in [4.78, 5) is 16.1. The van der Waals surface area contributed by atoms with Crippen molar-refractivity contribution < 1.29 is 9.57 Å². The minimum absolute atomic E-state index is 0.218. The number of hydrogen-bond acceptors (Lipinski definition) is 6. The summed E-state index contributed by atoms with van der Waals surface area (Å²) in [6, 6.07) is 2.28. The Morgan fingerprint density at radius 2 is 2.05 bits per heavy atom. The van der Waals surface area contributed by atoms with Crippen molar-refractivity contribution in [2.24, 2.45) is 5.16 Å². The molecule has 1 atom stereocenters. The van der Waals surface area contributed by atoms with Gasteiger partial charge < -0.3 is 9.57 Å². The highest BCUT2D eigenvalue weighted by Crippen LogP contribution is 2.19. The molecule has 21 heavy (non-hydrogen) atoms. The van der Waals surface area contributed by atoms with E-state index in [4.69, 9.17) is 9.57 Å². The third-order valence-electron chi connectivity index (χ3n) is 4.01. The van der Waals surface area contributed by atoms with Crippen molar-refractivity contribution in [3.8, 4) is 6.01 Å². The van der Waals surface area contributed by atoms with Gasteiger partial charge in [0, 0.05) is 38.4 Å². The van der Waals surface area contributed by atoms with Gasteiger partial charge in [-0.05, 0) is 25.3 Å². The van der Waals surface area contributed by atoms with Crippen molar-refractivity contribution in [2.45, 2.75) is 44.8 Å². The summed E-state index contributed by atoms with van der Waals surface area (Å²) in [5.74, 6) is 0. The van der Waals surface area contributed by atoms with Gasteiger partial charge in [-0.25, -0.2) is 9.97 Å². The average Bonchev–Trinajstić information content (AvgIpc) is 2.98. The SMILES string of the molecule is CCC1=NO[C@H](CN2CCC(Oc3ncccn3)CC2)C1. The molecule has 0 radical (unpaired) electrons. The first-order chi connectivity index (χ1) is 10.3. The molecule has 0 spiro atoms. The minimum atomic E-state index is 0.218. The van der Waals surface area contributed by atoms with E-state index in [9.17, 15) is 0 Å². The normalized spacial score (nSPS) is 23.7. The van der Waals surface area contributed by atoms with E-state index in [1.807, 2.05) is 0 Å². The molecule has 1 fully saturated rings. The van der Waals surface area contributed by atoms with Crippen LogP contribution in [0.4, 0.5) is 0 Å². The fraction of sp³-hybridized carbons (Fsp3) is 0.667. The van der Waals surface area contributed by atoms with Crippen molar-refractivity contribution in [3.63, 3.8) is 0 Å². The van der Waals surface area contributed by atoms with Crippen molar-refractivity contribution in [1.29, 1.82) is 0 Å². The maximum atomic E-state index is 5.81. The Bertz CT molecular complexity index is 472. The summed E-state index contributed by atoms with van der Waals surface area (Å²) in [5.41, 5.74) is 1.18. The van der Waals surface area contributed by atoms with Crippen molar-refractivity contribution in [2.75, 3.05) is 19.6 Å². The first-order valence-electron chi connectivity index (χ1n) is 7.71. The lowest BCUT2D eigenvalue weighted by Crippen LogP contribution is -2.42. The van der Waals surface area contributed by atoms with Crippen LogP contribution in [0.5, 0.6) is 6.01 Å². The predicted octanol–water partition coefficient (Wildman–Crippen LogP) is 1.87. The number of oxime groups is 1. The number of ether oxygens (including phenoxy) is 1. The molecule has 0 aromatic carbocycles. The third-order valence-corrected chi connectivity index (χ3v) is 4.01. The Morgan fingerprint density at radius 3 is 2.71 bits per heavy atom. The second-order valence-corrected chi connectivity index (χ2v) is 5.59. The van der Waals surface area contributed by atoms with Crippen molar-refractivity contribution in [3.05, 3.63) is 18.5 Å². The van der Waals surface area contributed by atoms with Gasteiger partial charge in [-0.3, -0.25) is 4.90 Å². The molecule has 1 saturated heterocycles. The molecule has 0 aliphatic carbocycles. The molecule has 114 valence electrons. The van der Waals surface area contributed by atoms with Crippen LogP contribution in [0.2, 0.25) is 0 Å². The lowest BCUT2D eigenvalue weighted by atomic mass is 10.1. The van der Waals surface area contributed by atoms with Gasteiger partial charge in [0.15, 0.2) is 0 Å². The number of hydrogen-bond donors (Lipinski definition) is 0. The van der Waals surface area contributed by atoms with Crippen LogP contribution in [0.25, 0.3) is 0 Å². The molecule has 1 aromatic heterocycles. The summed E-state index contributed by atoms with van der Waals surface area (Å²) in [6.45, 7) is 5.14. The standard InChI is InChI=1S/C15H22N4O2/c1-2-12-10-14(21-18-12)11-19-8-4-13(5-9-19)20-15-16-6-3-7-17-15/h3,6-7,13-14H,2,4-5,8-11H2,1H3/t14-/m0/s1. The van der Waals surface area contributed by atoms with Crippen LogP contribution in [0.3, 0.4) is 0 Å². The molecule has 0 amide bonds. The molecular weight excluding hydrogens is 268 g/mol. The number of rotatable bonds is 5. The molecule has 6 nitrogen and oxygen atoms in total. The minimum Gasteiger partial charge on any atom is -0.460 e. The quantitative estimate of drug-likeness (QED) is 0.828. The van der Waals surface area contributed by atoms with Gasteiger partial charge in [0.05, 0.1) is 5.71 Å². The van der Waals surface area contributed by atoms with E-state index in [-0.39, 0.29) is 12.2 Å². The molecule has 0 unspecified atom stereocenters. The van der Waals surface area contributed by atoms with Gasteiger partial charge >= 0.3 is 6.01 Å². The molecular formula is C15H22N4O2. The first kappa shape index (κ1) is 14.3. The number of nitrogens with zero attached hydrogens (tertiary/aromatic N) is 4. The van der Waals surface area contributed by atoms with Crippen LogP contribution >= 0.6 is 0 Å². The molecule has 6 heteroatoms. The topological polar surface area (TPSA) is 59.8 Å². The average molecular weight is 290 g/mol. The van der Waals surface area contributed by atoms with Crippen LogP contribution in [0.15, 0.2) is 23.6 Å². The molecule has 0 N–H and O–H groups in total. The maximum Gasteiger partial charge on any atom is 0.316 e. The van der Waals surface area contributed by atoms with Gasteiger partial charge in [0.2, 0.25) is 0 Å². The zero-order chi connectivity index (χ0) is 14.5. The van der Waals surface area contributed by atoms with Gasteiger partial charge in [0.25, 0.3) is 0 Å². The van der Waals surface area contributed by atoms with Gasteiger partial charge in [-0.2, -0.15) is 0 Å². The van der Waals surface area contributed by atoms with Crippen LogP contribution in [-0.4, -0.2) is 52.4 Å². The molecule has 0 bridgehead atoms. The fourth-order valence-corrected chi connectivity index (χ4v) is 2.79.